The minimum atomic E-state index is -0.358. The molecule has 18 heavy (non-hydrogen) atoms. The van der Waals surface area contributed by atoms with Crippen LogP contribution >= 0.6 is 0 Å². The summed E-state index contributed by atoms with van der Waals surface area (Å²) in [5, 5.41) is 13.5. The average Bonchev–Trinajstić information content (AvgIpc) is 2.86. The molecule has 4 nitrogen and oxygen atoms in total. The van der Waals surface area contributed by atoms with Gasteiger partial charge in [-0.15, -0.1) is 0 Å². The summed E-state index contributed by atoms with van der Waals surface area (Å²) in [4.78, 5) is 2.39. The first-order chi connectivity index (χ1) is 8.76. The van der Waals surface area contributed by atoms with Gasteiger partial charge in [0, 0.05) is 25.7 Å². The molecule has 1 heterocycles. The Balaban J connectivity index is 2.28. The van der Waals surface area contributed by atoms with Gasteiger partial charge < -0.3 is 15.2 Å². The van der Waals surface area contributed by atoms with E-state index in [-0.39, 0.29) is 6.10 Å². The molecule has 0 radical (unpaired) electrons. The van der Waals surface area contributed by atoms with Crippen molar-refractivity contribution in [1.82, 2.24) is 10.2 Å². The molecule has 2 unspecified atom stereocenters. The summed E-state index contributed by atoms with van der Waals surface area (Å²) < 4.78 is 5.28. The first kappa shape index (κ1) is 15.9. The Morgan fingerprint density at radius 3 is 2.89 bits per heavy atom. The summed E-state index contributed by atoms with van der Waals surface area (Å²) in [6.07, 6.45) is 4.60. The van der Waals surface area contributed by atoms with Crippen molar-refractivity contribution in [3.63, 3.8) is 0 Å². The van der Waals surface area contributed by atoms with Crippen molar-refractivity contribution in [3.05, 3.63) is 0 Å². The SMILES string of the molecule is CCCCN(CC(O)COCC)CC1CCCN1. The average molecular weight is 258 g/mol. The molecule has 1 aliphatic heterocycles. The maximum absolute atomic E-state index is 9.94. The highest BCUT2D eigenvalue weighted by molar-refractivity contribution is 4.79. The van der Waals surface area contributed by atoms with Gasteiger partial charge in [-0.2, -0.15) is 0 Å². The van der Waals surface area contributed by atoms with Gasteiger partial charge in [0.25, 0.3) is 0 Å². The molecule has 2 atom stereocenters. The van der Waals surface area contributed by atoms with Crippen LogP contribution in [-0.4, -0.2) is 61.5 Å². The van der Waals surface area contributed by atoms with E-state index in [1.165, 1.54) is 25.7 Å². The van der Waals surface area contributed by atoms with Gasteiger partial charge in [0.05, 0.1) is 12.7 Å². The van der Waals surface area contributed by atoms with Crippen molar-refractivity contribution >= 4 is 0 Å². The van der Waals surface area contributed by atoms with Crippen molar-refractivity contribution in [2.75, 3.05) is 39.4 Å². The Hall–Kier alpha value is -0.160. The third-order valence-electron chi connectivity index (χ3n) is 3.45. The Bertz CT molecular complexity index is 196. The number of nitrogens with zero attached hydrogens (tertiary/aromatic N) is 1. The zero-order chi connectivity index (χ0) is 13.2. The molecule has 108 valence electrons. The highest BCUT2D eigenvalue weighted by Crippen LogP contribution is 2.08. The van der Waals surface area contributed by atoms with E-state index >= 15 is 0 Å². The molecule has 1 saturated heterocycles. The first-order valence-electron chi connectivity index (χ1n) is 7.47. The molecule has 0 bridgehead atoms. The van der Waals surface area contributed by atoms with E-state index in [2.05, 4.69) is 17.1 Å². The molecule has 1 rings (SSSR count). The monoisotopic (exact) mass is 258 g/mol. The fourth-order valence-electron chi connectivity index (χ4n) is 2.47. The fraction of sp³-hybridized carbons (Fsp3) is 1.00. The van der Waals surface area contributed by atoms with Crippen LogP contribution in [0.5, 0.6) is 0 Å². The standard InChI is InChI=1S/C14H30N2O2/c1-3-5-9-16(10-13-7-6-8-15-13)11-14(17)12-18-4-2/h13-15,17H,3-12H2,1-2H3. The molecule has 1 aliphatic rings. The second-order valence-corrected chi connectivity index (χ2v) is 5.22. The molecule has 2 N–H and O–H groups in total. The topological polar surface area (TPSA) is 44.7 Å². The number of hydrogen-bond acceptors (Lipinski definition) is 4. The van der Waals surface area contributed by atoms with Gasteiger partial charge in [0.15, 0.2) is 0 Å². The van der Waals surface area contributed by atoms with E-state index in [1.54, 1.807) is 0 Å². The Kier molecular flexibility index (Phi) is 8.59. The highest BCUT2D eigenvalue weighted by atomic mass is 16.5. The van der Waals surface area contributed by atoms with Gasteiger partial charge in [0.2, 0.25) is 0 Å². The number of rotatable bonds is 10. The summed E-state index contributed by atoms with van der Waals surface area (Å²) in [5.41, 5.74) is 0. The maximum Gasteiger partial charge on any atom is 0.0900 e. The third kappa shape index (κ3) is 6.69. The molecular weight excluding hydrogens is 228 g/mol. The lowest BCUT2D eigenvalue weighted by Crippen LogP contribution is -2.42. The van der Waals surface area contributed by atoms with Gasteiger partial charge >= 0.3 is 0 Å². The molecular formula is C14H30N2O2. The minimum absolute atomic E-state index is 0.358. The van der Waals surface area contributed by atoms with Crippen LogP contribution in [0.25, 0.3) is 0 Å². The smallest absolute Gasteiger partial charge is 0.0900 e. The van der Waals surface area contributed by atoms with Gasteiger partial charge in [-0.1, -0.05) is 13.3 Å². The van der Waals surface area contributed by atoms with Crippen LogP contribution in [0.2, 0.25) is 0 Å². The second-order valence-electron chi connectivity index (χ2n) is 5.22. The van der Waals surface area contributed by atoms with Gasteiger partial charge in [-0.05, 0) is 39.3 Å². The number of nitrogens with one attached hydrogen (secondary N) is 1. The maximum atomic E-state index is 9.94. The van der Waals surface area contributed by atoms with Crippen LogP contribution in [0.4, 0.5) is 0 Å². The van der Waals surface area contributed by atoms with Crippen LogP contribution in [-0.2, 0) is 4.74 Å². The lowest BCUT2D eigenvalue weighted by molar-refractivity contribution is 0.0195. The largest absolute Gasteiger partial charge is 0.389 e. The van der Waals surface area contributed by atoms with Gasteiger partial charge in [0.1, 0.15) is 0 Å². The predicted molar refractivity (Wildman–Crippen MR) is 74.9 cm³/mol. The van der Waals surface area contributed by atoms with Crippen LogP contribution in [0.3, 0.4) is 0 Å². The second kappa shape index (κ2) is 9.73. The Morgan fingerprint density at radius 2 is 2.28 bits per heavy atom. The summed E-state index contributed by atoms with van der Waals surface area (Å²) in [7, 11) is 0. The first-order valence-corrected chi connectivity index (χ1v) is 7.47. The molecule has 0 spiro atoms. The summed E-state index contributed by atoms with van der Waals surface area (Å²) in [5.74, 6) is 0. The van der Waals surface area contributed by atoms with E-state index in [9.17, 15) is 5.11 Å². The van der Waals surface area contributed by atoms with Crippen LogP contribution < -0.4 is 5.32 Å². The van der Waals surface area contributed by atoms with Gasteiger partial charge in [-0.25, -0.2) is 0 Å². The molecule has 0 amide bonds. The quantitative estimate of drug-likeness (QED) is 0.619. The minimum Gasteiger partial charge on any atom is -0.389 e. The zero-order valence-electron chi connectivity index (χ0n) is 12.0. The van der Waals surface area contributed by atoms with Crippen LogP contribution in [0.1, 0.15) is 39.5 Å². The lowest BCUT2D eigenvalue weighted by atomic mass is 10.2. The van der Waals surface area contributed by atoms with Crippen molar-refractivity contribution in [2.45, 2.75) is 51.7 Å². The number of aliphatic hydroxyl groups is 1. The Morgan fingerprint density at radius 1 is 1.44 bits per heavy atom. The molecule has 4 heteroatoms. The lowest BCUT2D eigenvalue weighted by Gasteiger charge is -2.27. The molecule has 0 aromatic heterocycles. The highest BCUT2D eigenvalue weighted by Gasteiger charge is 2.19. The third-order valence-corrected chi connectivity index (χ3v) is 3.45. The van der Waals surface area contributed by atoms with E-state index in [1.807, 2.05) is 6.92 Å². The summed E-state index contributed by atoms with van der Waals surface area (Å²) >= 11 is 0. The Labute approximate surface area is 112 Å². The van der Waals surface area contributed by atoms with Crippen molar-refractivity contribution in [3.8, 4) is 0 Å². The van der Waals surface area contributed by atoms with Crippen molar-refractivity contribution in [1.29, 1.82) is 0 Å². The molecule has 1 fully saturated rings. The van der Waals surface area contributed by atoms with Crippen molar-refractivity contribution in [2.24, 2.45) is 0 Å². The van der Waals surface area contributed by atoms with E-state index in [4.69, 9.17) is 4.74 Å². The normalized spacial score (nSPS) is 21.7. The van der Waals surface area contributed by atoms with Crippen molar-refractivity contribution < 1.29 is 9.84 Å². The zero-order valence-corrected chi connectivity index (χ0v) is 12.0. The number of ether oxygens (including phenoxy) is 1. The predicted octanol–water partition coefficient (Wildman–Crippen LogP) is 1.24. The summed E-state index contributed by atoms with van der Waals surface area (Å²) in [6.45, 7) is 9.33. The number of unbranched alkanes of at least 4 members (excludes halogenated alkanes) is 1. The van der Waals surface area contributed by atoms with E-state index < -0.39 is 0 Å². The van der Waals surface area contributed by atoms with Gasteiger partial charge in [-0.3, -0.25) is 4.90 Å². The van der Waals surface area contributed by atoms with Crippen LogP contribution in [0.15, 0.2) is 0 Å². The van der Waals surface area contributed by atoms with Crippen LogP contribution in [0, 0.1) is 0 Å². The molecule has 0 aliphatic carbocycles. The molecule has 0 aromatic carbocycles. The molecule has 0 saturated carbocycles. The molecule has 0 aromatic rings. The number of hydrogen-bond donors (Lipinski definition) is 2. The van der Waals surface area contributed by atoms with E-state index in [0.29, 0.717) is 19.3 Å². The summed E-state index contributed by atoms with van der Waals surface area (Å²) in [6, 6.07) is 0.612. The van der Waals surface area contributed by atoms with E-state index in [0.717, 1.165) is 26.2 Å². The fourth-order valence-corrected chi connectivity index (χ4v) is 2.47. The number of aliphatic hydroxyl groups excluding tert-OH is 1.